The van der Waals surface area contributed by atoms with Gasteiger partial charge in [-0.1, -0.05) is 6.07 Å². The van der Waals surface area contributed by atoms with Gasteiger partial charge >= 0.3 is 12.1 Å². The Hall–Kier alpha value is -4.08. The number of primary amides is 2. The van der Waals surface area contributed by atoms with Gasteiger partial charge in [0.1, 0.15) is 29.0 Å². The second-order valence-electron chi connectivity index (χ2n) is 6.26. The number of carbonyl (C=O) groups is 2. The van der Waals surface area contributed by atoms with Crippen LogP contribution in [0, 0.1) is 24.4 Å². The number of aromatic nitrogens is 1. The van der Waals surface area contributed by atoms with Gasteiger partial charge in [-0.3, -0.25) is 0 Å². The van der Waals surface area contributed by atoms with Crippen LogP contribution >= 0.6 is 0 Å². The van der Waals surface area contributed by atoms with Crippen LogP contribution in [0.15, 0.2) is 48.5 Å². The number of hydrogen-bond donors (Lipinski definition) is 3. The first kappa shape index (κ1) is 20.6. The highest BCUT2D eigenvalue weighted by atomic mass is 19.1. The molecule has 1 heterocycles. The number of anilines is 3. The molecule has 1 aromatic heterocycles. The summed E-state index contributed by atoms with van der Waals surface area (Å²) in [6.45, 7) is 1.60. The van der Waals surface area contributed by atoms with E-state index < -0.39 is 35.2 Å². The fourth-order valence-electron chi connectivity index (χ4n) is 2.95. The van der Waals surface area contributed by atoms with Crippen molar-refractivity contribution in [2.24, 2.45) is 11.5 Å². The Labute approximate surface area is 169 Å². The van der Waals surface area contributed by atoms with E-state index in [1.54, 1.807) is 6.92 Å². The van der Waals surface area contributed by atoms with Gasteiger partial charge < -0.3 is 16.8 Å². The van der Waals surface area contributed by atoms with E-state index >= 15 is 0 Å². The zero-order chi connectivity index (χ0) is 22.0. The number of carbonyl (C=O) groups excluding carboxylic acids is 2. The Morgan fingerprint density at radius 3 is 2.23 bits per heavy atom. The number of para-hydroxylation sites is 1. The molecule has 0 aliphatic heterocycles. The first-order valence-electron chi connectivity index (χ1n) is 8.56. The maximum atomic E-state index is 14.3. The van der Waals surface area contributed by atoms with Crippen molar-refractivity contribution in [2.75, 3.05) is 10.2 Å². The topological polar surface area (TPSA) is 114 Å². The third-order valence-corrected chi connectivity index (χ3v) is 4.19. The molecule has 0 aliphatic carbocycles. The molecule has 0 atom stereocenters. The lowest BCUT2D eigenvalue weighted by Crippen LogP contribution is -2.33. The highest BCUT2D eigenvalue weighted by Crippen LogP contribution is 2.35. The molecule has 5 N–H and O–H groups in total. The lowest BCUT2D eigenvalue weighted by molar-refractivity contribution is 0.255. The standard InChI is InChI=1S/C20H16F3N5O2/c1-10-9-11(21)5-6-12(10)17-15(26-19(24)29)7-8-16(27-17)28(20(25)30)18-13(22)3-2-4-14(18)23/h2-9H,1H3,(H2,25,30)(H3,24,26,29). The van der Waals surface area contributed by atoms with E-state index in [2.05, 4.69) is 10.3 Å². The van der Waals surface area contributed by atoms with Crippen molar-refractivity contribution >= 4 is 29.3 Å². The summed E-state index contributed by atoms with van der Waals surface area (Å²) >= 11 is 0. The lowest BCUT2D eigenvalue weighted by Gasteiger charge is -2.22. The molecular formula is C20H16F3N5O2. The highest BCUT2D eigenvalue weighted by molar-refractivity contribution is 5.99. The van der Waals surface area contributed by atoms with E-state index in [0.29, 0.717) is 16.0 Å². The van der Waals surface area contributed by atoms with Gasteiger partial charge in [0, 0.05) is 5.56 Å². The molecule has 154 valence electrons. The predicted molar refractivity (Wildman–Crippen MR) is 106 cm³/mol. The third kappa shape index (κ3) is 4.02. The Balaban J connectivity index is 2.25. The van der Waals surface area contributed by atoms with Crippen LogP contribution in [0.3, 0.4) is 0 Å². The van der Waals surface area contributed by atoms with Gasteiger partial charge in [-0.05, 0) is 55.0 Å². The van der Waals surface area contributed by atoms with Crippen LogP contribution in [-0.2, 0) is 0 Å². The van der Waals surface area contributed by atoms with Gasteiger partial charge in [-0.25, -0.2) is 32.6 Å². The molecular weight excluding hydrogens is 399 g/mol. The number of urea groups is 2. The van der Waals surface area contributed by atoms with Crippen LogP contribution in [0.2, 0.25) is 0 Å². The molecule has 0 saturated carbocycles. The van der Waals surface area contributed by atoms with E-state index in [0.717, 1.165) is 18.2 Å². The maximum absolute atomic E-state index is 14.3. The second kappa shape index (κ2) is 8.11. The number of halogens is 3. The molecule has 2 aromatic carbocycles. The van der Waals surface area contributed by atoms with Crippen LogP contribution in [0.4, 0.5) is 40.0 Å². The number of amides is 4. The quantitative estimate of drug-likeness (QED) is 0.594. The predicted octanol–water partition coefficient (Wildman–Crippen LogP) is 4.18. The number of benzene rings is 2. The fraction of sp³-hybridized carbons (Fsp3) is 0.0500. The second-order valence-corrected chi connectivity index (χ2v) is 6.26. The highest BCUT2D eigenvalue weighted by Gasteiger charge is 2.25. The maximum Gasteiger partial charge on any atom is 0.325 e. The molecule has 10 heteroatoms. The van der Waals surface area contributed by atoms with Crippen molar-refractivity contribution in [3.05, 3.63) is 71.5 Å². The Morgan fingerprint density at radius 1 is 1.00 bits per heavy atom. The van der Waals surface area contributed by atoms with Crippen molar-refractivity contribution in [1.29, 1.82) is 0 Å². The average molecular weight is 415 g/mol. The lowest BCUT2D eigenvalue weighted by atomic mass is 10.0. The van der Waals surface area contributed by atoms with Crippen LogP contribution in [0.25, 0.3) is 11.3 Å². The van der Waals surface area contributed by atoms with Crippen LogP contribution < -0.4 is 21.7 Å². The van der Waals surface area contributed by atoms with Gasteiger partial charge in [-0.2, -0.15) is 0 Å². The van der Waals surface area contributed by atoms with Crippen molar-refractivity contribution < 1.29 is 22.8 Å². The third-order valence-electron chi connectivity index (χ3n) is 4.19. The minimum Gasteiger partial charge on any atom is -0.351 e. The van der Waals surface area contributed by atoms with Crippen molar-refractivity contribution in [3.63, 3.8) is 0 Å². The largest absolute Gasteiger partial charge is 0.351 e. The van der Waals surface area contributed by atoms with E-state index in [9.17, 15) is 22.8 Å². The SMILES string of the molecule is Cc1cc(F)ccc1-c1nc(N(C(N)=O)c2c(F)cccc2F)ccc1NC(N)=O. The molecule has 7 nitrogen and oxygen atoms in total. The zero-order valence-electron chi connectivity index (χ0n) is 15.6. The monoisotopic (exact) mass is 415 g/mol. The molecule has 0 spiro atoms. The van der Waals surface area contributed by atoms with Crippen LogP contribution in [-0.4, -0.2) is 17.0 Å². The molecule has 0 saturated heterocycles. The van der Waals surface area contributed by atoms with Crippen molar-refractivity contribution in [2.45, 2.75) is 6.92 Å². The first-order chi connectivity index (χ1) is 14.2. The van der Waals surface area contributed by atoms with Crippen molar-refractivity contribution in [1.82, 2.24) is 4.98 Å². The van der Waals surface area contributed by atoms with E-state index in [1.165, 1.54) is 30.3 Å². The molecule has 0 aliphatic rings. The number of nitrogens with one attached hydrogen (secondary N) is 1. The molecule has 0 fully saturated rings. The molecule has 0 bridgehead atoms. The number of rotatable bonds is 4. The number of hydrogen-bond acceptors (Lipinski definition) is 3. The Bertz CT molecular complexity index is 1130. The molecule has 0 unspecified atom stereocenters. The first-order valence-corrected chi connectivity index (χ1v) is 8.56. The number of pyridine rings is 1. The number of aryl methyl sites for hydroxylation is 1. The summed E-state index contributed by atoms with van der Waals surface area (Å²) in [6.07, 6.45) is 0. The Kier molecular flexibility index (Phi) is 5.58. The van der Waals surface area contributed by atoms with Crippen molar-refractivity contribution in [3.8, 4) is 11.3 Å². The summed E-state index contributed by atoms with van der Waals surface area (Å²) in [5.41, 5.74) is 10.9. The van der Waals surface area contributed by atoms with E-state index in [4.69, 9.17) is 11.5 Å². The molecule has 30 heavy (non-hydrogen) atoms. The van der Waals surface area contributed by atoms with Crippen LogP contribution in [0.5, 0.6) is 0 Å². The minimum absolute atomic E-state index is 0.0896. The van der Waals surface area contributed by atoms with Gasteiger partial charge in [0.2, 0.25) is 0 Å². The van der Waals surface area contributed by atoms with Gasteiger partial charge in [0.05, 0.1) is 11.4 Å². The molecule has 0 radical (unpaired) electrons. The van der Waals surface area contributed by atoms with E-state index in [-0.39, 0.29) is 17.2 Å². The summed E-state index contributed by atoms with van der Waals surface area (Å²) in [5, 5.41) is 2.37. The number of nitrogens with zero attached hydrogens (tertiary/aromatic N) is 2. The molecule has 3 aromatic rings. The molecule has 3 rings (SSSR count). The fourth-order valence-corrected chi connectivity index (χ4v) is 2.95. The summed E-state index contributed by atoms with van der Waals surface area (Å²) in [4.78, 5) is 28.3. The summed E-state index contributed by atoms with van der Waals surface area (Å²) in [6, 6.07) is 7.35. The van der Waals surface area contributed by atoms with Gasteiger partial charge in [0.15, 0.2) is 0 Å². The van der Waals surface area contributed by atoms with Gasteiger partial charge in [0.25, 0.3) is 0 Å². The molecule has 4 amide bonds. The summed E-state index contributed by atoms with van der Waals surface area (Å²) in [5.74, 6) is -2.78. The zero-order valence-corrected chi connectivity index (χ0v) is 15.6. The number of nitrogens with two attached hydrogens (primary N) is 2. The smallest absolute Gasteiger partial charge is 0.325 e. The Morgan fingerprint density at radius 2 is 1.67 bits per heavy atom. The summed E-state index contributed by atoms with van der Waals surface area (Å²) < 4.78 is 42.1. The van der Waals surface area contributed by atoms with E-state index in [1.807, 2.05) is 0 Å². The van der Waals surface area contributed by atoms with Crippen LogP contribution in [0.1, 0.15) is 5.56 Å². The minimum atomic E-state index is -1.19. The summed E-state index contributed by atoms with van der Waals surface area (Å²) in [7, 11) is 0. The normalized spacial score (nSPS) is 10.5. The average Bonchev–Trinajstić information content (AvgIpc) is 2.65. The van der Waals surface area contributed by atoms with Gasteiger partial charge in [-0.15, -0.1) is 0 Å².